The zero-order chi connectivity index (χ0) is 22.5. The number of aromatic nitrogens is 2. The minimum absolute atomic E-state index is 0.0531. The molecule has 1 saturated carbocycles. The highest BCUT2D eigenvalue weighted by Gasteiger charge is 2.29. The van der Waals surface area contributed by atoms with E-state index in [1.807, 2.05) is 6.92 Å². The lowest BCUT2D eigenvalue weighted by atomic mass is 9.78. The minimum Gasteiger partial charge on any atom is -0.493 e. The number of likely N-dealkylation sites (N-methyl/N-ethyl adjacent to an activating group) is 1. The average Bonchev–Trinajstić information content (AvgIpc) is 2.75. The number of rotatable bonds is 8. The van der Waals surface area contributed by atoms with Crippen LogP contribution in [0.3, 0.4) is 0 Å². The van der Waals surface area contributed by atoms with Gasteiger partial charge in [-0.2, -0.15) is 0 Å². The molecule has 8 heteroatoms. The smallest absolute Gasteiger partial charge is 0.275 e. The van der Waals surface area contributed by atoms with Crippen molar-refractivity contribution in [1.29, 1.82) is 0 Å². The van der Waals surface area contributed by atoms with E-state index in [0.29, 0.717) is 53.2 Å². The number of nitrogens with one attached hydrogen (secondary N) is 3. The van der Waals surface area contributed by atoms with E-state index in [1.54, 1.807) is 19.2 Å². The Bertz CT molecular complexity index is 974. The maximum absolute atomic E-state index is 12.7. The van der Waals surface area contributed by atoms with E-state index in [4.69, 9.17) is 9.47 Å². The molecule has 0 saturated heterocycles. The van der Waals surface area contributed by atoms with E-state index in [9.17, 15) is 9.59 Å². The Hall–Kier alpha value is -2.61. The van der Waals surface area contributed by atoms with Crippen LogP contribution in [0.4, 0.5) is 0 Å². The number of nitrogens with zero attached hydrogens (tertiary/aromatic N) is 1. The van der Waals surface area contributed by atoms with Crippen LogP contribution in [-0.2, 0) is 11.3 Å². The van der Waals surface area contributed by atoms with Gasteiger partial charge in [0.25, 0.3) is 11.5 Å². The Labute approximate surface area is 183 Å². The number of hydrogen-bond acceptors (Lipinski definition) is 5. The largest absolute Gasteiger partial charge is 0.493 e. The molecule has 170 valence electrons. The molecule has 31 heavy (non-hydrogen) atoms. The average molecular weight is 432 g/mol. The maximum atomic E-state index is 12.7. The summed E-state index contributed by atoms with van der Waals surface area (Å²) in [7, 11) is 3.08. The first-order chi connectivity index (χ1) is 14.9. The standard InChI is InChI=1S/C23H34N4O4/c1-6-27(13-22(28)25-17-9-7-8-14(2)15(17)3)12-21-24-18-11-20(31-5)19(30-4)10-16(18)23(29)26-21/h10-11,14-15,17H,6-9,12-13H2,1-5H3,(H,25,28)(H,24,26,29)/p+1/t14-,15-,17+/m0/s1. The van der Waals surface area contributed by atoms with Gasteiger partial charge < -0.3 is 24.7 Å². The monoisotopic (exact) mass is 431 g/mol. The third-order valence-corrected chi connectivity index (χ3v) is 6.64. The molecule has 1 heterocycles. The Morgan fingerprint density at radius 2 is 1.94 bits per heavy atom. The van der Waals surface area contributed by atoms with Crippen LogP contribution in [0.1, 0.15) is 45.9 Å². The molecule has 0 radical (unpaired) electrons. The molecule has 1 aromatic heterocycles. The van der Waals surface area contributed by atoms with E-state index in [0.717, 1.165) is 24.3 Å². The van der Waals surface area contributed by atoms with Crippen LogP contribution in [0, 0.1) is 11.8 Å². The number of methoxy groups -OCH3 is 2. The van der Waals surface area contributed by atoms with Crippen molar-refractivity contribution in [3.63, 3.8) is 0 Å². The summed E-state index contributed by atoms with van der Waals surface area (Å²) in [5, 5.41) is 3.68. The van der Waals surface area contributed by atoms with Gasteiger partial charge in [0.05, 0.1) is 31.7 Å². The van der Waals surface area contributed by atoms with Gasteiger partial charge in [-0.25, -0.2) is 4.98 Å². The number of aromatic amines is 1. The first kappa shape index (κ1) is 23.1. The molecule has 1 fully saturated rings. The third kappa shape index (κ3) is 5.36. The lowest BCUT2D eigenvalue weighted by Gasteiger charge is -2.34. The predicted octanol–water partition coefficient (Wildman–Crippen LogP) is 1.29. The molecule has 1 aromatic carbocycles. The highest BCUT2D eigenvalue weighted by Crippen LogP contribution is 2.30. The van der Waals surface area contributed by atoms with Gasteiger partial charge in [-0.1, -0.05) is 26.7 Å². The van der Waals surface area contributed by atoms with Gasteiger partial charge in [-0.15, -0.1) is 0 Å². The first-order valence-electron chi connectivity index (χ1n) is 11.1. The van der Waals surface area contributed by atoms with Crippen molar-refractivity contribution in [2.24, 2.45) is 11.8 Å². The zero-order valence-electron chi connectivity index (χ0n) is 19.2. The van der Waals surface area contributed by atoms with Crippen molar-refractivity contribution in [2.45, 2.75) is 52.6 Å². The molecule has 3 N–H and O–H groups in total. The van der Waals surface area contributed by atoms with Gasteiger partial charge in [-0.05, 0) is 31.2 Å². The van der Waals surface area contributed by atoms with Gasteiger partial charge in [-0.3, -0.25) is 9.59 Å². The van der Waals surface area contributed by atoms with Crippen molar-refractivity contribution in [1.82, 2.24) is 15.3 Å². The topological polar surface area (TPSA) is 97.8 Å². The molecular formula is C23H35N4O4+. The Kier molecular flexibility index (Phi) is 7.54. The van der Waals surface area contributed by atoms with E-state index >= 15 is 0 Å². The van der Waals surface area contributed by atoms with E-state index in [-0.39, 0.29) is 17.5 Å². The number of benzene rings is 1. The van der Waals surface area contributed by atoms with Crippen LogP contribution in [0.2, 0.25) is 0 Å². The minimum atomic E-state index is -0.231. The van der Waals surface area contributed by atoms with Crippen LogP contribution in [0.5, 0.6) is 11.5 Å². The van der Waals surface area contributed by atoms with Crippen molar-refractivity contribution in [3.8, 4) is 11.5 Å². The van der Waals surface area contributed by atoms with Gasteiger partial charge in [0.2, 0.25) is 0 Å². The van der Waals surface area contributed by atoms with Crippen LogP contribution in [0.25, 0.3) is 10.9 Å². The quantitative estimate of drug-likeness (QED) is 0.585. The molecule has 3 rings (SSSR count). The van der Waals surface area contributed by atoms with Gasteiger partial charge >= 0.3 is 0 Å². The summed E-state index contributed by atoms with van der Waals surface area (Å²) in [6.45, 7) is 8.08. The zero-order valence-corrected chi connectivity index (χ0v) is 19.2. The molecule has 1 unspecified atom stereocenters. The van der Waals surface area contributed by atoms with Crippen molar-refractivity contribution >= 4 is 16.8 Å². The molecule has 8 nitrogen and oxygen atoms in total. The summed E-state index contributed by atoms with van der Waals surface area (Å²) in [6, 6.07) is 3.58. The van der Waals surface area contributed by atoms with Crippen LogP contribution in [-0.4, -0.2) is 49.2 Å². The Morgan fingerprint density at radius 1 is 1.23 bits per heavy atom. The summed E-state index contributed by atoms with van der Waals surface area (Å²) in [6.07, 6.45) is 3.44. The molecule has 1 amide bonds. The molecule has 0 aliphatic heterocycles. The molecule has 1 aliphatic carbocycles. The summed E-state index contributed by atoms with van der Waals surface area (Å²) in [4.78, 5) is 33.8. The number of quaternary nitrogens is 1. The number of hydrogen-bond donors (Lipinski definition) is 3. The second-order valence-electron chi connectivity index (χ2n) is 8.64. The SMILES string of the molecule is CC[NH+](CC(=O)N[C@@H]1CCC[C@H](C)[C@@H]1C)Cc1nc2cc(OC)c(OC)cc2c(=O)[nH]1. The Morgan fingerprint density at radius 3 is 2.61 bits per heavy atom. The van der Waals surface area contributed by atoms with Crippen molar-refractivity contribution < 1.29 is 19.2 Å². The maximum Gasteiger partial charge on any atom is 0.275 e. The van der Waals surface area contributed by atoms with Crippen LogP contribution >= 0.6 is 0 Å². The second-order valence-corrected chi connectivity index (χ2v) is 8.64. The number of H-pyrrole nitrogens is 1. The number of amides is 1. The summed E-state index contributed by atoms with van der Waals surface area (Å²) in [5.74, 6) is 2.74. The molecule has 0 spiro atoms. The van der Waals surface area contributed by atoms with E-state index < -0.39 is 0 Å². The third-order valence-electron chi connectivity index (χ3n) is 6.64. The molecule has 0 bridgehead atoms. The fraction of sp³-hybridized carbons (Fsp3) is 0.609. The number of carbonyl (C=O) groups excluding carboxylic acids is 1. The molecule has 1 aliphatic rings. The summed E-state index contributed by atoms with van der Waals surface area (Å²) >= 11 is 0. The van der Waals surface area contributed by atoms with Gasteiger partial charge in [0, 0.05) is 12.1 Å². The highest BCUT2D eigenvalue weighted by molar-refractivity contribution is 5.81. The molecule has 4 atom stereocenters. The lowest BCUT2D eigenvalue weighted by Crippen LogP contribution is -3.11. The summed E-state index contributed by atoms with van der Waals surface area (Å²) < 4.78 is 10.6. The van der Waals surface area contributed by atoms with Crippen LogP contribution < -0.4 is 25.2 Å². The second kappa shape index (κ2) is 10.1. The van der Waals surface area contributed by atoms with Gasteiger partial charge in [0.1, 0.15) is 6.54 Å². The number of carbonyl (C=O) groups is 1. The fourth-order valence-electron chi connectivity index (χ4n) is 4.42. The summed E-state index contributed by atoms with van der Waals surface area (Å²) in [5.41, 5.74) is 0.312. The molecule has 2 aromatic rings. The fourth-order valence-corrected chi connectivity index (χ4v) is 4.42. The number of fused-ring (bicyclic) bond motifs is 1. The van der Waals surface area contributed by atoms with E-state index in [1.165, 1.54) is 13.5 Å². The number of ether oxygens (including phenoxy) is 2. The van der Waals surface area contributed by atoms with E-state index in [2.05, 4.69) is 29.1 Å². The lowest BCUT2D eigenvalue weighted by molar-refractivity contribution is -0.904. The van der Waals surface area contributed by atoms with Gasteiger partial charge in [0.15, 0.2) is 23.9 Å². The Balaban J connectivity index is 1.72. The first-order valence-corrected chi connectivity index (χ1v) is 11.1. The van der Waals surface area contributed by atoms with Crippen molar-refractivity contribution in [2.75, 3.05) is 27.3 Å². The molecular weight excluding hydrogens is 396 g/mol. The normalized spacial score (nSPS) is 22.2. The van der Waals surface area contributed by atoms with Crippen molar-refractivity contribution in [3.05, 3.63) is 28.3 Å². The highest BCUT2D eigenvalue weighted by atomic mass is 16.5. The van der Waals surface area contributed by atoms with Crippen LogP contribution in [0.15, 0.2) is 16.9 Å². The predicted molar refractivity (Wildman–Crippen MR) is 120 cm³/mol.